The van der Waals surface area contributed by atoms with E-state index in [-0.39, 0.29) is 0 Å². The van der Waals surface area contributed by atoms with E-state index in [1.165, 1.54) is 0 Å². The number of nitrogen functional groups attached to an aromatic ring is 1. The van der Waals surface area contributed by atoms with Crippen LogP contribution < -0.4 is 15.8 Å². The van der Waals surface area contributed by atoms with Crippen LogP contribution in [0, 0.1) is 0 Å². The van der Waals surface area contributed by atoms with Gasteiger partial charge in [-0.05, 0) is 13.3 Å². The predicted molar refractivity (Wildman–Crippen MR) is 76.6 cm³/mol. The van der Waals surface area contributed by atoms with Gasteiger partial charge < -0.3 is 20.5 Å². The highest BCUT2D eigenvalue weighted by Gasteiger charge is 2.13. The summed E-state index contributed by atoms with van der Waals surface area (Å²) in [4.78, 5) is 8.71. The number of aromatic nitrogens is 2. The number of aryl methyl sites for hydroxylation is 1. The third kappa shape index (κ3) is 4.55. The molecular formula is C13H24N4O2. The van der Waals surface area contributed by atoms with Crippen LogP contribution in [0.2, 0.25) is 0 Å². The number of nitrogens with one attached hydrogen (secondary N) is 1. The lowest BCUT2D eigenvalue weighted by molar-refractivity contribution is 0.144. The first kappa shape index (κ1) is 15.5. The van der Waals surface area contributed by atoms with Crippen LogP contribution in [0.25, 0.3) is 0 Å². The Hall–Kier alpha value is -1.56. The molecule has 0 aromatic carbocycles. The van der Waals surface area contributed by atoms with E-state index in [1.807, 2.05) is 6.92 Å². The van der Waals surface area contributed by atoms with Gasteiger partial charge in [-0.3, -0.25) is 0 Å². The maximum absolute atomic E-state index is 6.04. The van der Waals surface area contributed by atoms with Gasteiger partial charge in [-0.2, -0.15) is 4.98 Å². The first-order valence-electron chi connectivity index (χ1n) is 6.66. The number of hydrogen-bond acceptors (Lipinski definition) is 6. The maximum atomic E-state index is 6.04. The molecule has 0 spiro atoms. The fourth-order valence-electron chi connectivity index (χ4n) is 1.43. The van der Waals surface area contributed by atoms with E-state index in [1.54, 1.807) is 7.11 Å². The number of hydrogen-bond donors (Lipinski definition) is 2. The average Bonchev–Trinajstić information content (AvgIpc) is 2.42. The van der Waals surface area contributed by atoms with E-state index in [0.717, 1.165) is 12.8 Å². The second-order valence-electron chi connectivity index (χ2n) is 4.36. The Labute approximate surface area is 114 Å². The lowest BCUT2D eigenvalue weighted by atomic mass is 10.2. The highest BCUT2D eigenvalue weighted by atomic mass is 16.5. The first-order valence-corrected chi connectivity index (χ1v) is 6.66. The standard InChI is InChI=1S/C13H24N4O2/c1-5-9(3)15-12-11(14)13(19-8-7-18-4)17-10(6-2)16-12/h9H,5-8,14H2,1-4H3,(H,15,16,17). The van der Waals surface area contributed by atoms with Gasteiger partial charge in [0.1, 0.15) is 18.1 Å². The predicted octanol–water partition coefficient (Wildman–Crippen LogP) is 1.86. The molecule has 1 rings (SSSR count). The van der Waals surface area contributed by atoms with Gasteiger partial charge in [0.2, 0.25) is 5.88 Å². The van der Waals surface area contributed by atoms with Crippen molar-refractivity contribution in [2.75, 3.05) is 31.4 Å². The maximum Gasteiger partial charge on any atom is 0.242 e. The van der Waals surface area contributed by atoms with Crippen LogP contribution in [0.1, 0.15) is 33.0 Å². The molecule has 6 heteroatoms. The molecule has 0 aliphatic heterocycles. The van der Waals surface area contributed by atoms with Crippen LogP contribution in [0.5, 0.6) is 5.88 Å². The van der Waals surface area contributed by atoms with E-state index in [2.05, 4.69) is 29.1 Å². The SMILES string of the molecule is CCc1nc(NC(C)CC)c(N)c(OCCOC)n1. The van der Waals surface area contributed by atoms with Gasteiger partial charge in [0, 0.05) is 19.6 Å². The van der Waals surface area contributed by atoms with E-state index in [0.29, 0.717) is 42.5 Å². The van der Waals surface area contributed by atoms with Gasteiger partial charge in [-0.25, -0.2) is 4.98 Å². The van der Waals surface area contributed by atoms with Gasteiger partial charge in [-0.15, -0.1) is 0 Å². The monoisotopic (exact) mass is 268 g/mol. The van der Waals surface area contributed by atoms with Gasteiger partial charge in [-0.1, -0.05) is 13.8 Å². The number of ether oxygens (including phenoxy) is 2. The summed E-state index contributed by atoms with van der Waals surface area (Å²) in [6.07, 6.45) is 1.72. The molecule has 3 N–H and O–H groups in total. The molecule has 0 amide bonds. The van der Waals surface area contributed by atoms with Crippen molar-refractivity contribution in [2.24, 2.45) is 0 Å². The second kappa shape index (κ2) is 7.78. The Balaban J connectivity index is 2.92. The second-order valence-corrected chi connectivity index (χ2v) is 4.36. The minimum Gasteiger partial charge on any atom is -0.474 e. The average molecular weight is 268 g/mol. The number of rotatable bonds is 8. The molecule has 0 saturated heterocycles. The van der Waals surface area contributed by atoms with Gasteiger partial charge in [0.05, 0.1) is 6.61 Å². The molecule has 0 saturated carbocycles. The van der Waals surface area contributed by atoms with E-state index >= 15 is 0 Å². The molecule has 0 fully saturated rings. The molecule has 6 nitrogen and oxygen atoms in total. The smallest absolute Gasteiger partial charge is 0.242 e. The topological polar surface area (TPSA) is 82.3 Å². The van der Waals surface area contributed by atoms with Gasteiger partial charge >= 0.3 is 0 Å². The molecule has 1 aromatic rings. The molecule has 108 valence electrons. The van der Waals surface area contributed by atoms with Crippen molar-refractivity contribution in [1.29, 1.82) is 0 Å². The van der Waals surface area contributed by atoms with Crippen molar-refractivity contribution in [1.82, 2.24) is 9.97 Å². The van der Waals surface area contributed by atoms with Crippen LogP contribution in [0.15, 0.2) is 0 Å². The van der Waals surface area contributed by atoms with Crippen molar-refractivity contribution in [3.63, 3.8) is 0 Å². The molecule has 0 aliphatic carbocycles. The third-order valence-electron chi connectivity index (χ3n) is 2.79. The summed E-state index contributed by atoms with van der Waals surface area (Å²) in [7, 11) is 1.63. The number of methoxy groups -OCH3 is 1. The molecule has 1 heterocycles. The highest BCUT2D eigenvalue weighted by molar-refractivity contribution is 5.67. The lowest BCUT2D eigenvalue weighted by Crippen LogP contribution is -2.18. The summed E-state index contributed by atoms with van der Waals surface area (Å²) >= 11 is 0. The summed E-state index contributed by atoms with van der Waals surface area (Å²) in [5.74, 6) is 1.79. The minimum atomic E-state index is 0.300. The summed E-state index contributed by atoms with van der Waals surface area (Å²) in [6, 6.07) is 0.300. The summed E-state index contributed by atoms with van der Waals surface area (Å²) < 4.78 is 10.5. The molecule has 1 atom stereocenters. The van der Waals surface area contributed by atoms with E-state index in [9.17, 15) is 0 Å². The molecule has 1 aromatic heterocycles. The van der Waals surface area contributed by atoms with Crippen molar-refractivity contribution in [2.45, 2.75) is 39.7 Å². The Kier molecular flexibility index (Phi) is 6.35. The van der Waals surface area contributed by atoms with Gasteiger partial charge in [0.25, 0.3) is 0 Å². The zero-order valence-corrected chi connectivity index (χ0v) is 12.2. The van der Waals surface area contributed by atoms with Crippen molar-refractivity contribution >= 4 is 11.5 Å². The van der Waals surface area contributed by atoms with Crippen molar-refractivity contribution in [3.8, 4) is 5.88 Å². The van der Waals surface area contributed by atoms with Crippen LogP contribution in [-0.2, 0) is 11.2 Å². The largest absolute Gasteiger partial charge is 0.474 e. The number of nitrogens with two attached hydrogens (primary N) is 1. The fraction of sp³-hybridized carbons (Fsp3) is 0.692. The summed E-state index contributed by atoms with van der Waals surface area (Å²) in [5, 5.41) is 3.28. The van der Waals surface area contributed by atoms with Crippen LogP contribution in [-0.4, -0.2) is 36.3 Å². The Morgan fingerprint density at radius 1 is 1.26 bits per heavy atom. The number of nitrogens with zero attached hydrogens (tertiary/aromatic N) is 2. The summed E-state index contributed by atoms with van der Waals surface area (Å²) in [6.45, 7) is 7.10. The molecule has 0 bridgehead atoms. The first-order chi connectivity index (χ1) is 9.12. The Morgan fingerprint density at radius 3 is 2.58 bits per heavy atom. The van der Waals surface area contributed by atoms with Crippen molar-refractivity contribution < 1.29 is 9.47 Å². The van der Waals surface area contributed by atoms with E-state index in [4.69, 9.17) is 15.2 Å². The highest BCUT2D eigenvalue weighted by Crippen LogP contribution is 2.27. The lowest BCUT2D eigenvalue weighted by Gasteiger charge is -2.17. The van der Waals surface area contributed by atoms with Crippen LogP contribution >= 0.6 is 0 Å². The zero-order chi connectivity index (χ0) is 14.3. The molecular weight excluding hydrogens is 244 g/mol. The van der Waals surface area contributed by atoms with E-state index < -0.39 is 0 Å². The number of anilines is 2. The van der Waals surface area contributed by atoms with Crippen LogP contribution in [0.4, 0.5) is 11.5 Å². The van der Waals surface area contributed by atoms with Crippen molar-refractivity contribution in [3.05, 3.63) is 5.82 Å². The molecule has 0 radical (unpaired) electrons. The third-order valence-corrected chi connectivity index (χ3v) is 2.79. The zero-order valence-electron chi connectivity index (χ0n) is 12.2. The summed E-state index contributed by atoms with van der Waals surface area (Å²) in [5.41, 5.74) is 6.49. The molecule has 1 unspecified atom stereocenters. The quantitative estimate of drug-likeness (QED) is 0.700. The fourth-order valence-corrected chi connectivity index (χ4v) is 1.43. The minimum absolute atomic E-state index is 0.300. The molecule has 19 heavy (non-hydrogen) atoms. The Bertz CT molecular complexity index is 398. The Morgan fingerprint density at radius 2 is 2.00 bits per heavy atom. The van der Waals surface area contributed by atoms with Gasteiger partial charge in [0.15, 0.2) is 5.82 Å². The normalized spacial score (nSPS) is 12.2. The molecule has 0 aliphatic rings. The van der Waals surface area contributed by atoms with Crippen LogP contribution in [0.3, 0.4) is 0 Å².